The van der Waals surface area contributed by atoms with Crippen LogP contribution in [0.5, 0.6) is 0 Å². The lowest BCUT2D eigenvalue weighted by atomic mass is 9.83. The van der Waals surface area contributed by atoms with E-state index < -0.39 is 0 Å². The third-order valence-corrected chi connectivity index (χ3v) is 5.75. The molecular formula is C24H20. The first-order chi connectivity index (χ1) is 11.8. The Hall–Kier alpha value is -2.60. The number of hydrogen-bond donors (Lipinski definition) is 0. The molecule has 5 rings (SSSR count). The second-order valence-corrected chi connectivity index (χ2v) is 7.07. The molecule has 0 N–H and O–H groups in total. The van der Waals surface area contributed by atoms with Gasteiger partial charge < -0.3 is 0 Å². The summed E-state index contributed by atoms with van der Waals surface area (Å²) in [5.74, 6) is 0.867. The van der Waals surface area contributed by atoms with Gasteiger partial charge >= 0.3 is 0 Å². The lowest BCUT2D eigenvalue weighted by Gasteiger charge is -2.20. The van der Waals surface area contributed by atoms with Gasteiger partial charge in [0, 0.05) is 11.8 Å². The molecule has 2 aliphatic rings. The van der Waals surface area contributed by atoms with Crippen LogP contribution in [-0.2, 0) is 0 Å². The van der Waals surface area contributed by atoms with Crippen molar-refractivity contribution in [1.29, 1.82) is 0 Å². The molecule has 0 fully saturated rings. The van der Waals surface area contributed by atoms with Crippen LogP contribution >= 0.6 is 0 Å². The molecule has 0 bridgehead atoms. The number of hydrogen-bond acceptors (Lipinski definition) is 0. The van der Waals surface area contributed by atoms with Crippen molar-refractivity contribution >= 4 is 6.08 Å². The van der Waals surface area contributed by atoms with E-state index in [9.17, 15) is 0 Å². The van der Waals surface area contributed by atoms with Crippen molar-refractivity contribution in [1.82, 2.24) is 0 Å². The van der Waals surface area contributed by atoms with Crippen LogP contribution in [0, 0.1) is 0 Å². The van der Waals surface area contributed by atoms with Gasteiger partial charge in [0.1, 0.15) is 0 Å². The van der Waals surface area contributed by atoms with Crippen LogP contribution in [0.2, 0.25) is 0 Å². The van der Waals surface area contributed by atoms with E-state index in [1.54, 1.807) is 0 Å². The highest BCUT2D eigenvalue weighted by Crippen LogP contribution is 2.51. The molecule has 0 aromatic heterocycles. The number of rotatable bonds is 1. The van der Waals surface area contributed by atoms with Crippen LogP contribution in [-0.4, -0.2) is 0 Å². The Morgan fingerprint density at radius 2 is 1.33 bits per heavy atom. The van der Waals surface area contributed by atoms with Crippen molar-refractivity contribution in [3.05, 3.63) is 100 Å². The molecule has 3 aromatic carbocycles. The van der Waals surface area contributed by atoms with E-state index in [0.29, 0.717) is 11.8 Å². The number of benzene rings is 3. The zero-order valence-corrected chi connectivity index (χ0v) is 14.1. The Labute approximate surface area is 143 Å². The van der Waals surface area contributed by atoms with Crippen LogP contribution in [0.1, 0.15) is 53.5 Å². The second-order valence-electron chi connectivity index (χ2n) is 7.07. The first-order valence-electron chi connectivity index (χ1n) is 8.75. The summed E-state index contributed by atoms with van der Waals surface area (Å²) in [7, 11) is 0. The maximum absolute atomic E-state index is 2.35. The summed E-state index contributed by atoms with van der Waals surface area (Å²) in [5, 5.41) is 0. The summed E-state index contributed by atoms with van der Waals surface area (Å²) >= 11 is 0. The minimum atomic E-state index is 0.384. The van der Waals surface area contributed by atoms with Crippen LogP contribution in [0.4, 0.5) is 0 Å². The van der Waals surface area contributed by atoms with Gasteiger partial charge in [-0.15, -0.1) is 0 Å². The first-order valence-corrected chi connectivity index (χ1v) is 8.75. The van der Waals surface area contributed by atoms with Gasteiger partial charge in [-0.1, -0.05) is 85.3 Å². The summed E-state index contributed by atoms with van der Waals surface area (Å²) in [4.78, 5) is 0. The molecule has 0 heterocycles. The zero-order valence-electron chi connectivity index (χ0n) is 14.1. The zero-order chi connectivity index (χ0) is 16.3. The molecule has 3 aromatic rings. The van der Waals surface area contributed by atoms with E-state index in [1.165, 1.54) is 44.5 Å². The fourth-order valence-electron chi connectivity index (χ4n) is 4.66. The summed E-state index contributed by atoms with van der Waals surface area (Å²) in [6.45, 7) is 4.61. The molecule has 116 valence electrons. The number of fused-ring (bicyclic) bond motifs is 4. The predicted molar refractivity (Wildman–Crippen MR) is 101 cm³/mol. The molecule has 24 heavy (non-hydrogen) atoms. The smallest absolute Gasteiger partial charge is 0.0311 e. The largest absolute Gasteiger partial charge is 0.0619 e. The molecule has 0 saturated carbocycles. The highest BCUT2D eigenvalue weighted by molar-refractivity contribution is 5.84. The topological polar surface area (TPSA) is 0 Å². The Balaban J connectivity index is 1.79. The van der Waals surface area contributed by atoms with E-state index in [-0.39, 0.29) is 0 Å². The summed E-state index contributed by atoms with van der Waals surface area (Å²) < 4.78 is 0. The summed E-state index contributed by atoms with van der Waals surface area (Å²) in [6.07, 6.45) is 2.35. The maximum Gasteiger partial charge on any atom is 0.0311 e. The first kappa shape index (κ1) is 13.8. The van der Waals surface area contributed by atoms with Gasteiger partial charge in [-0.05, 0) is 45.9 Å². The molecule has 0 radical (unpaired) electrons. The molecule has 0 amide bonds. The Kier molecular flexibility index (Phi) is 2.84. The SMILES string of the molecule is CC1=Cc2ccccc2[C@@H]1c1cccc2c1-c1ccccc1C2C. The van der Waals surface area contributed by atoms with Gasteiger partial charge in [-0.25, -0.2) is 0 Å². The van der Waals surface area contributed by atoms with Crippen LogP contribution in [0.25, 0.3) is 17.2 Å². The number of allylic oxidation sites excluding steroid dienone is 1. The molecule has 0 nitrogen and oxygen atoms in total. The standard InChI is InChI=1S/C24H20/c1-15-14-17-8-3-4-10-20(17)23(15)22-13-7-12-19-16(2)18-9-5-6-11-21(18)24(19)22/h3-14,16,23H,1-2H3/t16?,23-/m1/s1. The maximum atomic E-state index is 2.35. The third-order valence-electron chi connectivity index (χ3n) is 5.75. The van der Waals surface area contributed by atoms with Crippen molar-refractivity contribution in [3.63, 3.8) is 0 Å². The second kappa shape index (κ2) is 4.95. The summed E-state index contributed by atoms with van der Waals surface area (Å²) in [6, 6.07) is 24.6. The predicted octanol–water partition coefficient (Wildman–Crippen LogP) is 6.37. The van der Waals surface area contributed by atoms with Gasteiger partial charge in [0.2, 0.25) is 0 Å². The van der Waals surface area contributed by atoms with Crippen molar-refractivity contribution < 1.29 is 0 Å². The van der Waals surface area contributed by atoms with Gasteiger partial charge in [-0.3, -0.25) is 0 Å². The van der Waals surface area contributed by atoms with Gasteiger partial charge in [0.15, 0.2) is 0 Å². The molecule has 0 aliphatic heterocycles. The molecule has 2 aliphatic carbocycles. The van der Waals surface area contributed by atoms with Gasteiger partial charge in [0.05, 0.1) is 0 Å². The van der Waals surface area contributed by atoms with E-state index in [0.717, 1.165) is 0 Å². The third kappa shape index (κ3) is 1.74. The fraction of sp³-hybridized carbons (Fsp3) is 0.167. The van der Waals surface area contributed by atoms with Gasteiger partial charge in [0.25, 0.3) is 0 Å². The molecule has 0 heteroatoms. The average molecular weight is 308 g/mol. The molecule has 0 saturated heterocycles. The normalized spacial score (nSPS) is 20.3. The Morgan fingerprint density at radius 3 is 2.21 bits per heavy atom. The highest BCUT2D eigenvalue weighted by Gasteiger charge is 2.32. The van der Waals surface area contributed by atoms with Crippen molar-refractivity contribution in [2.24, 2.45) is 0 Å². The van der Waals surface area contributed by atoms with Gasteiger partial charge in [-0.2, -0.15) is 0 Å². The fourth-order valence-corrected chi connectivity index (χ4v) is 4.66. The van der Waals surface area contributed by atoms with Crippen LogP contribution < -0.4 is 0 Å². The average Bonchev–Trinajstić information content (AvgIpc) is 3.10. The minimum absolute atomic E-state index is 0.384. The Bertz CT molecular complexity index is 990. The quantitative estimate of drug-likeness (QED) is 0.490. The minimum Gasteiger partial charge on any atom is -0.0619 e. The lowest BCUT2D eigenvalue weighted by Crippen LogP contribution is -2.02. The van der Waals surface area contributed by atoms with Crippen molar-refractivity contribution in [2.75, 3.05) is 0 Å². The van der Waals surface area contributed by atoms with Crippen LogP contribution in [0.15, 0.2) is 72.3 Å². The van der Waals surface area contributed by atoms with Crippen LogP contribution in [0.3, 0.4) is 0 Å². The van der Waals surface area contributed by atoms with E-state index in [2.05, 4.69) is 86.7 Å². The molecule has 2 atom stereocenters. The van der Waals surface area contributed by atoms with E-state index in [4.69, 9.17) is 0 Å². The van der Waals surface area contributed by atoms with Crippen molar-refractivity contribution in [2.45, 2.75) is 25.7 Å². The lowest BCUT2D eigenvalue weighted by molar-refractivity contribution is 0.942. The van der Waals surface area contributed by atoms with Crippen molar-refractivity contribution in [3.8, 4) is 11.1 Å². The Morgan fingerprint density at radius 1 is 0.667 bits per heavy atom. The molecule has 0 spiro atoms. The molecule has 1 unspecified atom stereocenters. The molecular weight excluding hydrogens is 288 g/mol. The monoisotopic (exact) mass is 308 g/mol. The van der Waals surface area contributed by atoms with E-state index in [1.807, 2.05) is 0 Å². The summed E-state index contributed by atoms with van der Waals surface area (Å²) in [5.41, 5.74) is 11.6. The van der Waals surface area contributed by atoms with E-state index >= 15 is 0 Å². The highest BCUT2D eigenvalue weighted by atomic mass is 14.4.